The van der Waals surface area contributed by atoms with Gasteiger partial charge in [0.15, 0.2) is 0 Å². The van der Waals surface area contributed by atoms with Gasteiger partial charge in [-0.1, -0.05) is 36.8 Å². The summed E-state index contributed by atoms with van der Waals surface area (Å²) >= 11 is 0. The van der Waals surface area contributed by atoms with E-state index in [1.807, 2.05) is 6.92 Å². The van der Waals surface area contributed by atoms with Crippen molar-refractivity contribution in [3.05, 3.63) is 35.4 Å². The van der Waals surface area contributed by atoms with Crippen LogP contribution < -0.4 is 0 Å². The summed E-state index contributed by atoms with van der Waals surface area (Å²) in [7, 11) is 1.51. The van der Waals surface area contributed by atoms with Crippen LogP contribution in [0.25, 0.3) is 0 Å². The molecule has 5 nitrogen and oxygen atoms in total. The fourth-order valence-corrected chi connectivity index (χ4v) is 3.65. The van der Waals surface area contributed by atoms with Crippen LogP contribution in [0.15, 0.2) is 24.3 Å². The lowest BCUT2D eigenvalue weighted by Crippen LogP contribution is -2.52. The van der Waals surface area contributed by atoms with Crippen LogP contribution in [0.1, 0.15) is 49.7 Å². The Morgan fingerprint density at radius 2 is 2.00 bits per heavy atom. The molecule has 1 aliphatic heterocycles. The van der Waals surface area contributed by atoms with Crippen molar-refractivity contribution in [2.45, 2.75) is 45.4 Å². The molecular formula is C20H29NO4. The summed E-state index contributed by atoms with van der Waals surface area (Å²) in [5.41, 5.74) is 1.39. The second kappa shape index (κ2) is 8.48. The predicted octanol–water partition coefficient (Wildman–Crippen LogP) is 3.22. The number of piperidine rings is 1. The molecule has 1 aromatic rings. The second-order valence-corrected chi connectivity index (χ2v) is 7.16. The number of aliphatic carboxylic acids is 1. The van der Waals surface area contributed by atoms with Crippen LogP contribution in [0.3, 0.4) is 0 Å². The number of amides is 1. The van der Waals surface area contributed by atoms with E-state index in [4.69, 9.17) is 4.74 Å². The molecule has 0 aliphatic carbocycles. The van der Waals surface area contributed by atoms with Gasteiger partial charge in [0.1, 0.15) is 5.41 Å². The fourth-order valence-electron chi connectivity index (χ4n) is 3.65. The van der Waals surface area contributed by atoms with E-state index in [1.54, 1.807) is 4.90 Å². The molecule has 0 bridgehead atoms. The van der Waals surface area contributed by atoms with E-state index in [9.17, 15) is 14.7 Å². The number of benzene rings is 1. The van der Waals surface area contributed by atoms with Crippen molar-refractivity contribution in [1.29, 1.82) is 0 Å². The summed E-state index contributed by atoms with van der Waals surface area (Å²) in [5.74, 6) is -0.678. The molecule has 2 unspecified atom stereocenters. The number of carboxylic acids is 1. The third-order valence-corrected chi connectivity index (χ3v) is 5.27. The SMILES string of the molecule is CCC(CC(=O)N1CCCC(COC)(C(=O)O)C1)c1ccc(C)cc1. The van der Waals surface area contributed by atoms with Crippen LogP contribution in [-0.2, 0) is 14.3 Å². The van der Waals surface area contributed by atoms with Crippen LogP contribution in [-0.4, -0.2) is 48.7 Å². The summed E-state index contributed by atoms with van der Waals surface area (Å²) in [6, 6.07) is 8.30. The van der Waals surface area contributed by atoms with Gasteiger partial charge in [0, 0.05) is 26.6 Å². The van der Waals surface area contributed by atoms with E-state index >= 15 is 0 Å². The average Bonchev–Trinajstić information content (AvgIpc) is 2.60. The summed E-state index contributed by atoms with van der Waals surface area (Å²) in [6.45, 7) is 5.13. The third kappa shape index (κ3) is 4.60. The normalized spacial score (nSPS) is 21.8. The van der Waals surface area contributed by atoms with Crippen LogP contribution in [0, 0.1) is 12.3 Å². The smallest absolute Gasteiger partial charge is 0.313 e. The first kappa shape index (κ1) is 19.4. The number of hydrogen-bond acceptors (Lipinski definition) is 3. The number of carboxylic acid groups (broad SMARTS) is 1. The minimum absolute atomic E-state index is 0.0360. The largest absolute Gasteiger partial charge is 0.481 e. The zero-order valence-electron chi connectivity index (χ0n) is 15.5. The van der Waals surface area contributed by atoms with E-state index in [2.05, 4.69) is 31.2 Å². The highest BCUT2D eigenvalue weighted by atomic mass is 16.5. The van der Waals surface area contributed by atoms with Gasteiger partial charge in [0.25, 0.3) is 0 Å². The Bertz CT molecular complexity index is 594. The Labute approximate surface area is 150 Å². The molecule has 0 aromatic heterocycles. The molecule has 1 heterocycles. The Balaban J connectivity index is 2.08. The molecule has 1 aliphatic rings. The molecule has 2 atom stereocenters. The van der Waals surface area contributed by atoms with Crippen molar-refractivity contribution in [3.63, 3.8) is 0 Å². The highest BCUT2D eigenvalue weighted by Crippen LogP contribution is 2.32. The number of hydrogen-bond donors (Lipinski definition) is 1. The van der Waals surface area contributed by atoms with Crippen LogP contribution >= 0.6 is 0 Å². The van der Waals surface area contributed by atoms with Gasteiger partial charge in [-0.25, -0.2) is 0 Å². The molecule has 1 amide bonds. The first-order chi connectivity index (χ1) is 11.9. The van der Waals surface area contributed by atoms with Crippen molar-refractivity contribution >= 4 is 11.9 Å². The Kier molecular flexibility index (Phi) is 6.59. The van der Waals surface area contributed by atoms with Gasteiger partial charge < -0.3 is 14.7 Å². The maximum atomic E-state index is 12.8. The number of rotatable bonds is 7. The molecule has 1 fully saturated rings. The molecule has 0 saturated carbocycles. The van der Waals surface area contributed by atoms with Crippen molar-refractivity contribution in [1.82, 2.24) is 4.90 Å². The molecule has 1 aromatic carbocycles. The van der Waals surface area contributed by atoms with E-state index in [0.29, 0.717) is 25.8 Å². The van der Waals surface area contributed by atoms with Gasteiger partial charge in [0.05, 0.1) is 6.61 Å². The van der Waals surface area contributed by atoms with E-state index in [0.717, 1.165) is 6.42 Å². The number of ether oxygens (including phenoxy) is 1. The monoisotopic (exact) mass is 347 g/mol. The first-order valence-corrected chi connectivity index (χ1v) is 8.98. The third-order valence-electron chi connectivity index (χ3n) is 5.27. The lowest BCUT2D eigenvalue weighted by molar-refractivity contribution is -0.159. The Morgan fingerprint density at radius 1 is 1.32 bits per heavy atom. The topological polar surface area (TPSA) is 66.8 Å². The zero-order valence-corrected chi connectivity index (χ0v) is 15.5. The van der Waals surface area contributed by atoms with E-state index < -0.39 is 11.4 Å². The summed E-state index contributed by atoms with van der Waals surface area (Å²) in [5, 5.41) is 9.63. The molecule has 1 saturated heterocycles. The molecule has 1 N–H and O–H groups in total. The van der Waals surface area contributed by atoms with Crippen molar-refractivity contribution in [2.24, 2.45) is 5.41 Å². The number of aryl methyl sites for hydroxylation is 1. The Hall–Kier alpha value is -1.88. The fraction of sp³-hybridized carbons (Fsp3) is 0.600. The van der Waals surface area contributed by atoms with E-state index in [1.165, 1.54) is 18.2 Å². The van der Waals surface area contributed by atoms with Crippen LogP contribution in [0.4, 0.5) is 0 Å². The predicted molar refractivity (Wildman–Crippen MR) is 96.6 cm³/mol. The highest BCUT2D eigenvalue weighted by Gasteiger charge is 2.43. The molecular weight excluding hydrogens is 318 g/mol. The van der Waals surface area contributed by atoms with Crippen LogP contribution in [0.5, 0.6) is 0 Å². The summed E-state index contributed by atoms with van der Waals surface area (Å²) < 4.78 is 5.14. The maximum absolute atomic E-state index is 12.8. The van der Waals surface area contributed by atoms with Gasteiger partial charge in [0.2, 0.25) is 5.91 Å². The summed E-state index contributed by atoms with van der Waals surface area (Å²) in [4.78, 5) is 26.3. The van der Waals surface area contributed by atoms with Gasteiger partial charge in [-0.3, -0.25) is 9.59 Å². The van der Waals surface area contributed by atoms with Crippen LogP contribution in [0.2, 0.25) is 0 Å². The average molecular weight is 347 g/mol. The minimum Gasteiger partial charge on any atom is -0.481 e. The maximum Gasteiger partial charge on any atom is 0.313 e. The molecule has 138 valence electrons. The second-order valence-electron chi connectivity index (χ2n) is 7.16. The lowest BCUT2D eigenvalue weighted by atomic mass is 9.80. The minimum atomic E-state index is -0.978. The van der Waals surface area contributed by atoms with Gasteiger partial charge in [-0.05, 0) is 37.7 Å². The molecule has 0 radical (unpaired) electrons. The zero-order chi connectivity index (χ0) is 18.4. The lowest BCUT2D eigenvalue weighted by Gasteiger charge is -2.39. The molecule has 5 heteroatoms. The Morgan fingerprint density at radius 3 is 2.56 bits per heavy atom. The van der Waals surface area contributed by atoms with Crippen molar-refractivity contribution in [3.8, 4) is 0 Å². The standard InChI is InChI=1S/C20H29NO4/c1-4-16(17-8-6-15(2)7-9-17)12-18(22)21-11-5-10-20(13-21,14-25-3)19(23)24/h6-9,16H,4-5,10-14H2,1-3H3,(H,23,24). The van der Waals surface area contributed by atoms with Gasteiger partial charge in [-0.2, -0.15) is 0 Å². The number of likely N-dealkylation sites (tertiary alicyclic amines) is 1. The van der Waals surface area contributed by atoms with Gasteiger partial charge >= 0.3 is 5.97 Å². The highest BCUT2D eigenvalue weighted by molar-refractivity contribution is 5.80. The number of nitrogens with zero attached hydrogens (tertiary/aromatic N) is 1. The molecule has 2 rings (SSSR count). The van der Waals surface area contributed by atoms with Crippen molar-refractivity contribution < 1.29 is 19.4 Å². The quantitative estimate of drug-likeness (QED) is 0.822. The molecule has 25 heavy (non-hydrogen) atoms. The number of carbonyl (C=O) groups excluding carboxylic acids is 1. The van der Waals surface area contributed by atoms with E-state index in [-0.39, 0.29) is 25.0 Å². The number of carbonyl (C=O) groups is 2. The van der Waals surface area contributed by atoms with Gasteiger partial charge in [-0.15, -0.1) is 0 Å². The first-order valence-electron chi connectivity index (χ1n) is 8.98. The van der Waals surface area contributed by atoms with Crippen molar-refractivity contribution in [2.75, 3.05) is 26.8 Å². The molecule has 0 spiro atoms. The number of methoxy groups -OCH3 is 1. The summed E-state index contributed by atoms with van der Waals surface area (Å²) in [6.07, 6.45) is 2.55.